The van der Waals surface area contributed by atoms with Crippen molar-refractivity contribution < 1.29 is 14.3 Å². The number of amides is 1. The highest BCUT2D eigenvalue weighted by molar-refractivity contribution is 6.30. The Morgan fingerprint density at radius 3 is 2.62 bits per heavy atom. The van der Waals surface area contributed by atoms with Crippen molar-refractivity contribution >= 4 is 29.2 Å². The first-order valence-electron chi connectivity index (χ1n) is 10.0. The maximum Gasteiger partial charge on any atom is 0.338 e. The number of carbonyl (C=O) groups is 2. The average molecular weight is 415 g/mol. The van der Waals surface area contributed by atoms with Crippen LogP contribution in [0.25, 0.3) is 0 Å². The summed E-state index contributed by atoms with van der Waals surface area (Å²) >= 11 is 6.06. The Morgan fingerprint density at radius 1 is 1.17 bits per heavy atom. The molecule has 0 atom stereocenters. The zero-order valence-corrected chi connectivity index (χ0v) is 17.7. The van der Waals surface area contributed by atoms with E-state index in [1.54, 1.807) is 19.1 Å². The van der Waals surface area contributed by atoms with Crippen LogP contribution in [0.1, 0.15) is 41.3 Å². The molecule has 154 valence electrons. The molecule has 2 aromatic carbocycles. The second-order valence-corrected chi connectivity index (χ2v) is 7.86. The standard InChI is InChI=1S/C23H27ClN2O3/c1-3-29-23(28)19-8-7-16(2)21(14-19)25-22(27)18-9-11-26(12-10-18)15-17-5-4-6-20(24)13-17/h4-8,13-14,18H,3,9-12,15H2,1-2H3,(H,25,27). The van der Waals surface area contributed by atoms with Gasteiger partial charge in [0.1, 0.15) is 0 Å². The topological polar surface area (TPSA) is 58.6 Å². The van der Waals surface area contributed by atoms with E-state index in [9.17, 15) is 9.59 Å². The van der Waals surface area contributed by atoms with Crippen LogP contribution in [0.5, 0.6) is 0 Å². The maximum atomic E-state index is 12.8. The minimum Gasteiger partial charge on any atom is -0.462 e. The number of carbonyl (C=O) groups excluding carboxylic acids is 2. The summed E-state index contributed by atoms with van der Waals surface area (Å²) in [6.07, 6.45) is 1.62. The molecule has 0 aliphatic carbocycles. The summed E-state index contributed by atoms with van der Waals surface area (Å²) in [4.78, 5) is 27.1. The lowest BCUT2D eigenvalue weighted by Gasteiger charge is -2.31. The number of likely N-dealkylation sites (tertiary alicyclic amines) is 1. The molecule has 1 fully saturated rings. The normalized spacial score (nSPS) is 15.1. The summed E-state index contributed by atoms with van der Waals surface area (Å²) in [5, 5.41) is 3.75. The highest BCUT2D eigenvalue weighted by atomic mass is 35.5. The van der Waals surface area contributed by atoms with Crippen molar-refractivity contribution in [2.75, 3.05) is 25.0 Å². The first-order valence-corrected chi connectivity index (χ1v) is 10.4. The Morgan fingerprint density at radius 2 is 1.93 bits per heavy atom. The fourth-order valence-corrected chi connectivity index (χ4v) is 3.79. The van der Waals surface area contributed by atoms with Gasteiger partial charge >= 0.3 is 5.97 Å². The van der Waals surface area contributed by atoms with E-state index in [2.05, 4.69) is 16.3 Å². The van der Waals surface area contributed by atoms with Crippen molar-refractivity contribution in [2.45, 2.75) is 33.2 Å². The molecule has 6 heteroatoms. The van der Waals surface area contributed by atoms with Crippen LogP contribution in [0, 0.1) is 12.8 Å². The Kier molecular flexibility index (Phi) is 7.29. The number of hydrogen-bond acceptors (Lipinski definition) is 4. The zero-order chi connectivity index (χ0) is 20.8. The molecule has 2 aromatic rings. The second kappa shape index (κ2) is 9.90. The molecular weight excluding hydrogens is 388 g/mol. The summed E-state index contributed by atoms with van der Waals surface area (Å²) in [5.41, 5.74) is 3.22. The second-order valence-electron chi connectivity index (χ2n) is 7.42. The van der Waals surface area contributed by atoms with Crippen molar-refractivity contribution in [1.29, 1.82) is 0 Å². The molecule has 1 amide bonds. The van der Waals surface area contributed by atoms with Crippen molar-refractivity contribution in [3.05, 3.63) is 64.2 Å². The highest BCUT2D eigenvalue weighted by Crippen LogP contribution is 2.24. The number of nitrogens with one attached hydrogen (secondary N) is 1. The van der Waals surface area contributed by atoms with Gasteiger partial charge in [-0.3, -0.25) is 9.69 Å². The highest BCUT2D eigenvalue weighted by Gasteiger charge is 2.25. The fourth-order valence-electron chi connectivity index (χ4n) is 3.58. The number of ether oxygens (including phenoxy) is 1. The Hall–Kier alpha value is -2.37. The minimum atomic E-state index is -0.377. The van der Waals surface area contributed by atoms with Crippen LogP contribution in [-0.2, 0) is 16.1 Å². The lowest BCUT2D eigenvalue weighted by molar-refractivity contribution is -0.121. The van der Waals surface area contributed by atoms with E-state index in [0.29, 0.717) is 17.9 Å². The molecule has 0 bridgehead atoms. The molecule has 1 aliphatic heterocycles. The molecule has 0 radical (unpaired) electrons. The number of nitrogens with zero attached hydrogens (tertiary/aromatic N) is 1. The molecule has 0 spiro atoms. The molecule has 29 heavy (non-hydrogen) atoms. The summed E-state index contributed by atoms with van der Waals surface area (Å²) in [7, 11) is 0. The Labute approximate surface area is 177 Å². The summed E-state index contributed by atoms with van der Waals surface area (Å²) in [6, 6.07) is 13.1. The summed E-state index contributed by atoms with van der Waals surface area (Å²) in [5.74, 6) is -0.398. The SMILES string of the molecule is CCOC(=O)c1ccc(C)c(NC(=O)C2CCN(Cc3cccc(Cl)c3)CC2)c1. The first-order chi connectivity index (χ1) is 14.0. The largest absolute Gasteiger partial charge is 0.462 e. The van der Waals surface area contributed by atoms with E-state index in [-0.39, 0.29) is 17.8 Å². The fraction of sp³-hybridized carbons (Fsp3) is 0.391. The van der Waals surface area contributed by atoms with Crippen LogP contribution in [-0.4, -0.2) is 36.5 Å². The zero-order valence-electron chi connectivity index (χ0n) is 16.9. The Bertz CT molecular complexity index is 876. The smallest absolute Gasteiger partial charge is 0.338 e. The van der Waals surface area contributed by atoms with Gasteiger partial charge in [0.2, 0.25) is 5.91 Å². The van der Waals surface area contributed by atoms with E-state index >= 15 is 0 Å². The molecule has 1 heterocycles. The molecule has 5 nitrogen and oxygen atoms in total. The number of esters is 1. The number of halogens is 1. The maximum absolute atomic E-state index is 12.8. The van der Waals surface area contributed by atoms with Gasteiger partial charge in [-0.2, -0.15) is 0 Å². The van der Waals surface area contributed by atoms with Crippen LogP contribution < -0.4 is 5.32 Å². The molecule has 3 rings (SSSR count). The molecule has 1 N–H and O–H groups in total. The first kappa shape index (κ1) is 21.3. The van der Waals surface area contributed by atoms with Crippen molar-refractivity contribution in [3.8, 4) is 0 Å². The third-order valence-corrected chi connectivity index (χ3v) is 5.50. The predicted molar refractivity (Wildman–Crippen MR) is 115 cm³/mol. The third-order valence-electron chi connectivity index (χ3n) is 5.26. The van der Waals surface area contributed by atoms with Gasteiger partial charge in [0.25, 0.3) is 0 Å². The lowest BCUT2D eigenvalue weighted by atomic mass is 9.95. The van der Waals surface area contributed by atoms with Crippen molar-refractivity contribution in [1.82, 2.24) is 4.90 Å². The summed E-state index contributed by atoms with van der Waals surface area (Å²) in [6.45, 7) is 6.59. The quantitative estimate of drug-likeness (QED) is 0.697. The van der Waals surface area contributed by atoms with E-state index in [1.807, 2.05) is 31.2 Å². The van der Waals surface area contributed by atoms with Crippen LogP contribution in [0.2, 0.25) is 5.02 Å². The number of piperidine rings is 1. The van der Waals surface area contributed by atoms with Crippen LogP contribution in [0.3, 0.4) is 0 Å². The van der Waals surface area contributed by atoms with Crippen LogP contribution in [0.4, 0.5) is 5.69 Å². The Balaban J connectivity index is 1.56. The number of aryl methyl sites for hydroxylation is 1. The average Bonchev–Trinajstić information content (AvgIpc) is 2.70. The third kappa shape index (κ3) is 5.81. The molecule has 0 aromatic heterocycles. The molecular formula is C23H27ClN2O3. The van der Waals surface area contributed by atoms with Gasteiger partial charge in [-0.1, -0.05) is 29.8 Å². The van der Waals surface area contributed by atoms with E-state index in [4.69, 9.17) is 16.3 Å². The number of anilines is 1. The van der Waals surface area contributed by atoms with Crippen molar-refractivity contribution in [3.63, 3.8) is 0 Å². The van der Waals surface area contributed by atoms with E-state index in [0.717, 1.165) is 43.1 Å². The van der Waals surface area contributed by atoms with Gasteiger partial charge in [-0.05, 0) is 75.2 Å². The molecule has 1 saturated heterocycles. The lowest BCUT2D eigenvalue weighted by Crippen LogP contribution is -2.37. The van der Waals surface area contributed by atoms with Gasteiger partial charge in [0.15, 0.2) is 0 Å². The number of benzene rings is 2. The number of hydrogen-bond donors (Lipinski definition) is 1. The van der Waals surface area contributed by atoms with Gasteiger partial charge in [0, 0.05) is 23.2 Å². The van der Waals surface area contributed by atoms with Crippen LogP contribution in [0.15, 0.2) is 42.5 Å². The van der Waals surface area contributed by atoms with E-state index in [1.165, 1.54) is 5.56 Å². The van der Waals surface area contributed by atoms with E-state index < -0.39 is 0 Å². The van der Waals surface area contributed by atoms with Crippen molar-refractivity contribution in [2.24, 2.45) is 5.92 Å². The van der Waals surface area contributed by atoms with Gasteiger partial charge in [0.05, 0.1) is 12.2 Å². The predicted octanol–water partition coefficient (Wildman–Crippen LogP) is 4.68. The molecule has 0 saturated carbocycles. The van der Waals surface area contributed by atoms with Gasteiger partial charge < -0.3 is 10.1 Å². The van der Waals surface area contributed by atoms with Crippen LogP contribution >= 0.6 is 11.6 Å². The molecule has 1 aliphatic rings. The van der Waals surface area contributed by atoms with Gasteiger partial charge in [-0.15, -0.1) is 0 Å². The minimum absolute atomic E-state index is 0.0107. The summed E-state index contributed by atoms with van der Waals surface area (Å²) < 4.78 is 5.05. The monoisotopic (exact) mass is 414 g/mol. The number of rotatable bonds is 6. The van der Waals surface area contributed by atoms with Gasteiger partial charge in [-0.25, -0.2) is 4.79 Å². The molecule has 0 unspecified atom stereocenters.